The van der Waals surface area contributed by atoms with Gasteiger partial charge in [0.15, 0.2) is 5.13 Å². The number of rotatable bonds is 6. The van der Waals surface area contributed by atoms with Crippen LogP contribution in [-0.4, -0.2) is 27.0 Å². The molecule has 0 saturated carbocycles. The third kappa shape index (κ3) is 3.67. The summed E-state index contributed by atoms with van der Waals surface area (Å²) in [5, 5.41) is 7.05. The predicted molar refractivity (Wildman–Crippen MR) is 110 cm³/mol. The molecule has 6 nitrogen and oxygen atoms in total. The number of methoxy groups -OCH3 is 1. The van der Waals surface area contributed by atoms with E-state index in [1.54, 1.807) is 48.4 Å². The Morgan fingerprint density at radius 2 is 2.00 bits per heavy atom. The molecule has 8 heteroatoms. The second-order valence-electron chi connectivity index (χ2n) is 5.60. The van der Waals surface area contributed by atoms with Crippen LogP contribution in [0, 0.1) is 0 Å². The van der Waals surface area contributed by atoms with Gasteiger partial charge < -0.3 is 10.1 Å². The average molecular weight is 396 g/mol. The lowest BCUT2D eigenvalue weighted by Crippen LogP contribution is -1.93. The Bertz CT molecular complexity index is 1050. The molecule has 0 fully saturated rings. The summed E-state index contributed by atoms with van der Waals surface area (Å²) in [4.78, 5) is 19.0. The van der Waals surface area contributed by atoms with Crippen LogP contribution in [0.1, 0.15) is 12.6 Å². The van der Waals surface area contributed by atoms with Gasteiger partial charge in [0.25, 0.3) is 0 Å². The fraction of sp³-hybridized carbons (Fsp3) is 0.158. The molecule has 0 aliphatic carbocycles. The van der Waals surface area contributed by atoms with Crippen molar-refractivity contribution < 1.29 is 4.74 Å². The summed E-state index contributed by atoms with van der Waals surface area (Å²) in [5.74, 6) is 0.784. The number of ether oxygens (including phenoxy) is 1. The first kappa shape index (κ1) is 17.6. The quantitative estimate of drug-likeness (QED) is 0.493. The SMILES string of the molecule is CCc1nc(-c2cnccn2)sc1-c1csc(Nc2ccccc2OC)n1. The molecular weight excluding hydrogens is 378 g/mol. The molecule has 0 aliphatic rings. The monoisotopic (exact) mass is 395 g/mol. The third-order valence-corrected chi connectivity index (χ3v) is 5.80. The first-order valence-corrected chi connectivity index (χ1v) is 10.1. The van der Waals surface area contributed by atoms with Gasteiger partial charge in [-0.05, 0) is 18.6 Å². The van der Waals surface area contributed by atoms with Crippen molar-refractivity contribution in [2.75, 3.05) is 12.4 Å². The van der Waals surface area contributed by atoms with E-state index < -0.39 is 0 Å². The fourth-order valence-electron chi connectivity index (χ4n) is 2.61. The van der Waals surface area contributed by atoms with Crippen LogP contribution in [-0.2, 0) is 6.42 Å². The molecule has 0 aliphatic heterocycles. The lowest BCUT2D eigenvalue weighted by atomic mass is 10.2. The van der Waals surface area contributed by atoms with Crippen molar-refractivity contribution in [1.29, 1.82) is 0 Å². The summed E-state index contributed by atoms with van der Waals surface area (Å²) >= 11 is 3.15. The van der Waals surface area contributed by atoms with Gasteiger partial charge in [-0.3, -0.25) is 9.97 Å². The number of hydrogen-bond donors (Lipinski definition) is 1. The molecular formula is C19H17N5OS2. The van der Waals surface area contributed by atoms with Crippen LogP contribution in [0.4, 0.5) is 10.8 Å². The van der Waals surface area contributed by atoms with E-state index in [2.05, 4.69) is 22.2 Å². The minimum atomic E-state index is 0.783. The van der Waals surface area contributed by atoms with E-state index in [0.29, 0.717) is 0 Å². The molecule has 0 atom stereocenters. The highest BCUT2D eigenvalue weighted by molar-refractivity contribution is 7.19. The van der Waals surface area contributed by atoms with Gasteiger partial charge in [-0.2, -0.15) is 0 Å². The molecule has 0 bridgehead atoms. The molecule has 3 heterocycles. The van der Waals surface area contributed by atoms with Crippen LogP contribution in [0.3, 0.4) is 0 Å². The van der Waals surface area contributed by atoms with E-state index in [0.717, 1.165) is 50.0 Å². The van der Waals surface area contributed by atoms with Gasteiger partial charge >= 0.3 is 0 Å². The highest BCUT2D eigenvalue weighted by Crippen LogP contribution is 2.37. The molecule has 1 N–H and O–H groups in total. The van der Waals surface area contributed by atoms with Gasteiger partial charge in [-0.15, -0.1) is 22.7 Å². The van der Waals surface area contributed by atoms with Crippen molar-refractivity contribution in [2.24, 2.45) is 0 Å². The molecule has 1 aromatic carbocycles. The number of nitrogens with one attached hydrogen (secondary N) is 1. The number of nitrogens with zero attached hydrogens (tertiary/aromatic N) is 4. The largest absolute Gasteiger partial charge is 0.495 e. The third-order valence-electron chi connectivity index (χ3n) is 3.90. The van der Waals surface area contributed by atoms with Crippen LogP contribution < -0.4 is 10.1 Å². The van der Waals surface area contributed by atoms with Crippen molar-refractivity contribution in [2.45, 2.75) is 13.3 Å². The number of aryl methyl sites for hydroxylation is 1. The molecule has 4 aromatic rings. The van der Waals surface area contributed by atoms with E-state index in [1.165, 1.54) is 0 Å². The lowest BCUT2D eigenvalue weighted by Gasteiger charge is -2.07. The number of thiazole rings is 2. The molecule has 27 heavy (non-hydrogen) atoms. The summed E-state index contributed by atoms with van der Waals surface area (Å²) in [6, 6.07) is 7.79. The number of hydrogen-bond acceptors (Lipinski definition) is 8. The van der Waals surface area contributed by atoms with Crippen LogP contribution in [0.15, 0.2) is 48.2 Å². The molecule has 0 amide bonds. The zero-order valence-corrected chi connectivity index (χ0v) is 16.5. The van der Waals surface area contributed by atoms with Crippen molar-refractivity contribution in [1.82, 2.24) is 19.9 Å². The number of benzene rings is 1. The zero-order chi connectivity index (χ0) is 18.6. The summed E-state index contributed by atoms with van der Waals surface area (Å²) in [7, 11) is 1.66. The molecule has 3 aromatic heterocycles. The maximum Gasteiger partial charge on any atom is 0.187 e. The zero-order valence-electron chi connectivity index (χ0n) is 14.8. The highest BCUT2D eigenvalue weighted by Gasteiger charge is 2.17. The van der Waals surface area contributed by atoms with Crippen molar-refractivity contribution in [3.63, 3.8) is 0 Å². The number of para-hydroxylation sites is 2. The van der Waals surface area contributed by atoms with Gasteiger partial charge in [0.05, 0.1) is 35.3 Å². The first-order valence-electron chi connectivity index (χ1n) is 8.40. The number of aromatic nitrogens is 4. The van der Waals surface area contributed by atoms with E-state index in [1.807, 2.05) is 29.6 Å². The first-order chi connectivity index (χ1) is 13.3. The Balaban J connectivity index is 1.64. The number of anilines is 2. The minimum absolute atomic E-state index is 0.783. The Kier molecular flexibility index (Phi) is 5.08. The summed E-state index contributed by atoms with van der Waals surface area (Å²) < 4.78 is 5.39. The normalized spacial score (nSPS) is 10.7. The van der Waals surface area contributed by atoms with Gasteiger partial charge in [-0.1, -0.05) is 19.1 Å². The second-order valence-corrected chi connectivity index (χ2v) is 7.46. The Morgan fingerprint density at radius 3 is 2.78 bits per heavy atom. The second kappa shape index (κ2) is 7.81. The van der Waals surface area contributed by atoms with Crippen LogP contribution in [0.2, 0.25) is 0 Å². The smallest absolute Gasteiger partial charge is 0.187 e. The van der Waals surface area contributed by atoms with E-state index in [9.17, 15) is 0 Å². The van der Waals surface area contributed by atoms with E-state index in [4.69, 9.17) is 14.7 Å². The summed E-state index contributed by atoms with van der Waals surface area (Å²) in [5.41, 5.74) is 3.61. The standard InChI is InChI=1S/C19H17N5OS2/c1-3-12-17(27-18(22-12)14-10-20-8-9-21-14)15-11-26-19(24-15)23-13-6-4-5-7-16(13)25-2/h4-11H,3H2,1-2H3,(H,23,24). The molecule has 136 valence electrons. The molecule has 0 unspecified atom stereocenters. The van der Waals surface area contributed by atoms with Crippen molar-refractivity contribution in [3.8, 4) is 27.0 Å². The Morgan fingerprint density at radius 1 is 1.11 bits per heavy atom. The van der Waals surface area contributed by atoms with Crippen LogP contribution >= 0.6 is 22.7 Å². The molecule has 0 radical (unpaired) electrons. The Labute approximate surface area is 165 Å². The van der Waals surface area contributed by atoms with Gasteiger partial charge in [0, 0.05) is 17.8 Å². The minimum Gasteiger partial charge on any atom is -0.495 e. The lowest BCUT2D eigenvalue weighted by molar-refractivity contribution is 0.417. The van der Waals surface area contributed by atoms with Crippen LogP contribution in [0.25, 0.3) is 21.3 Å². The summed E-state index contributed by atoms with van der Waals surface area (Å²) in [6.45, 7) is 2.10. The molecule has 0 spiro atoms. The van der Waals surface area contributed by atoms with Gasteiger partial charge in [0.2, 0.25) is 0 Å². The molecule has 0 saturated heterocycles. The maximum absolute atomic E-state index is 5.39. The van der Waals surface area contributed by atoms with Crippen molar-refractivity contribution >= 4 is 33.5 Å². The van der Waals surface area contributed by atoms with E-state index >= 15 is 0 Å². The maximum atomic E-state index is 5.39. The van der Waals surface area contributed by atoms with Crippen molar-refractivity contribution in [3.05, 3.63) is 53.9 Å². The topological polar surface area (TPSA) is 72.8 Å². The molecule has 4 rings (SSSR count). The summed E-state index contributed by atoms with van der Waals surface area (Å²) in [6.07, 6.45) is 5.91. The fourth-order valence-corrected chi connectivity index (χ4v) is 4.47. The average Bonchev–Trinajstić information content (AvgIpc) is 3.36. The van der Waals surface area contributed by atoms with Crippen LogP contribution in [0.5, 0.6) is 5.75 Å². The Hall–Kier alpha value is -2.84. The van der Waals surface area contributed by atoms with Gasteiger partial charge in [0.1, 0.15) is 16.5 Å². The predicted octanol–water partition coefficient (Wildman–Crippen LogP) is 5.04. The van der Waals surface area contributed by atoms with E-state index in [-0.39, 0.29) is 0 Å². The highest BCUT2D eigenvalue weighted by atomic mass is 32.1. The van der Waals surface area contributed by atoms with Gasteiger partial charge in [-0.25, -0.2) is 9.97 Å².